The van der Waals surface area contributed by atoms with Crippen molar-refractivity contribution in [2.24, 2.45) is 0 Å². The zero-order chi connectivity index (χ0) is 8.74. The molecule has 76 valence electrons. The van der Waals surface area contributed by atoms with Crippen molar-refractivity contribution in [2.45, 2.75) is 0 Å². The molecule has 0 atom stereocenters. The van der Waals surface area contributed by atoms with Gasteiger partial charge in [0, 0.05) is 0 Å². The number of aliphatic hydroxyl groups excluding tert-OH is 2. The normalized spacial score (nSPS) is 10.9. The van der Waals surface area contributed by atoms with Gasteiger partial charge in [-0.05, 0) is 0 Å². The first-order valence-corrected chi connectivity index (χ1v) is 4.45. The van der Waals surface area contributed by atoms with Crippen LogP contribution in [-0.2, 0) is 13.6 Å². The first kappa shape index (κ1) is 14.5. The standard InChI is InChI=1S/C4H11O6P.H3N/c5-1-3-9-11(7,8)10-4-2-6;/h5-6H,1-4H2,(H,7,8);1H3. The third-order valence-corrected chi connectivity index (χ3v) is 1.71. The molecule has 0 aromatic rings. The van der Waals surface area contributed by atoms with Crippen molar-refractivity contribution in [3.8, 4) is 0 Å². The zero-order valence-electron chi connectivity index (χ0n) is 6.55. The summed E-state index contributed by atoms with van der Waals surface area (Å²) in [6, 6.07) is 0. The molecule has 0 aliphatic heterocycles. The lowest BCUT2D eigenvalue weighted by atomic mass is 10.8. The second kappa shape index (κ2) is 7.63. The van der Waals surface area contributed by atoms with Gasteiger partial charge in [-0.3, -0.25) is 9.05 Å². The van der Waals surface area contributed by atoms with Gasteiger partial charge in [-0.1, -0.05) is 0 Å². The highest BCUT2D eigenvalue weighted by atomic mass is 31.2. The average Bonchev–Trinajstić information content (AvgIpc) is 1.97. The highest BCUT2D eigenvalue weighted by molar-refractivity contribution is 7.47. The summed E-state index contributed by atoms with van der Waals surface area (Å²) in [5, 5.41) is 16.4. The van der Waals surface area contributed by atoms with Crippen LogP contribution in [0, 0.1) is 0 Å². The number of hydrogen-bond donors (Lipinski definition) is 4. The molecule has 0 fully saturated rings. The van der Waals surface area contributed by atoms with Crippen molar-refractivity contribution in [3.05, 3.63) is 0 Å². The van der Waals surface area contributed by atoms with Crippen molar-refractivity contribution in [3.63, 3.8) is 0 Å². The smallest absolute Gasteiger partial charge is 0.394 e. The van der Waals surface area contributed by atoms with E-state index in [0.29, 0.717) is 0 Å². The molecule has 0 aromatic carbocycles. The van der Waals surface area contributed by atoms with Crippen LogP contribution in [0.15, 0.2) is 0 Å². The molecular formula is C4H14NO6P. The fraction of sp³-hybridized carbons (Fsp3) is 1.00. The van der Waals surface area contributed by atoms with Crippen molar-refractivity contribution < 1.29 is 28.7 Å². The van der Waals surface area contributed by atoms with E-state index in [1.165, 1.54) is 0 Å². The number of rotatable bonds is 6. The minimum atomic E-state index is -4.05. The lowest BCUT2D eigenvalue weighted by Crippen LogP contribution is -2.02. The summed E-state index contributed by atoms with van der Waals surface area (Å²) < 4.78 is 19.0. The Hall–Kier alpha value is -0.0100. The lowest BCUT2D eigenvalue weighted by molar-refractivity contribution is 0.107. The van der Waals surface area contributed by atoms with E-state index in [2.05, 4.69) is 9.05 Å². The predicted octanol–water partition coefficient (Wildman–Crippen LogP) is -0.733. The van der Waals surface area contributed by atoms with Crippen molar-refractivity contribution in [1.82, 2.24) is 6.15 Å². The number of phosphoric acid groups is 1. The summed E-state index contributed by atoms with van der Waals surface area (Å²) in [7, 11) is -4.05. The Morgan fingerprint density at radius 2 is 1.42 bits per heavy atom. The van der Waals surface area contributed by atoms with Crippen LogP contribution in [0.4, 0.5) is 0 Å². The lowest BCUT2D eigenvalue weighted by Gasteiger charge is -2.09. The molecule has 0 saturated heterocycles. The summed E-state index contributed by atoms with van der Waals surface area (Å²) >= 11 is 0. The predicted molar refractivity (Wildman–Crippen MR) is 40.9 cm³/mol. The van der Waals surface area contributed by atoms with Gasteiger partial charge in [-0.2, -0.15) is 0 Å². The molecule has 12 heavy (non-hydrogen) atoms. The molecule has 0 rings (SSSR count). The van der Waals surface area contributed by atoms with Crippen LogP contribution in [0.1, 0.15) is 0 Å². The summed E-state index contributed by atoms with van der Waals surface area (Å²) in [5.41, 5.74) is 0. The largest absolute Gasteiger partial charge is 0.472 e. The van der Waals surface area contributed by atoms with E-state index in [1.54, 1.807) is 0 Å². The fourth-order valence-corrected chi connectivity index (χ4v) is 1.05. The maximum Gasteiger partial charge on any atom is 0.472 e. The van der Waals surface area contributed by atoms with E-state index in [0.717, 1.165) is 0 Å². The third-order valence-electron chi connectivity index (χ3n) is 0.691. The molecule has 0 unspecified atom stereocenters. The van der Waals surface area contributed by atoms with Gasteiger partial charge < -0.3 is 21.3 Å². The second-order valence-electron chi connectivity index (χ2n) is 1.58. The van der Waals surface area contributed by atoms with E-state index in [1.807, 2.05) is 0 Å². The Labute approximate surface area is 70.1 Å². The quantitative estimate of drug-likeness (QED) is 0.418. The molecule has 0 bridgehead atoms. The van der Waals surface area contributed by atoms with Crippen molar-refractivity contribution in [2.75, 3.05) is 26.4 Å². The fourth-order valence-electron chi connectivity index (χ4n) is 0.350. The van der Waals surface area contributed by atoms with Crippen LogP contribution in [-0.4, -0.2) is 41.5 Å². The van der Waals surface area contributed by atoms with Gasteiger partial charge in [0.05, 0.1) is 26.4 Å². The molecule has 0 radical (unpaired) electrons. The van der Waals surface area contributed by atoms with E-state index < -0.39 is 7.82 Å². The highest BCUT2D eigenvalue weighted by Gasteiger charge is 2.19. The van der Waals surface area contributed by atoms with Crippen LogP contribution in [0.2, 0.25) is 0 Å². The molecular weight excluding hydrogens is 189 g/mol. The van der Waals surface area contributed by atoms with Gasteiger partial charge in [0.15, 0.2) is 0 Å². The van der Waals surface area contributed by atoms with Crippen LogP contribution < -0.4 is 6.15 Å². The van der Waals surface area contributed by atoms with Gasteiger partial charge in [0.25, 0.3) is 0 Å². The zero-order valence-corrected chi connectivity index (χ0v) is 7.44. The van der Waals surface area contributed by atoms with Gasteiger partial charge in [0.1, 0.15) is 0 Å². The van der Waals surface area contributed by atoms with Crippen molar-refractivity contribution >= 4 is 7.82 Å². The number of aliphatic hydroxyl groups is 2. The van der Waals surface area contributed by atoms with Crippen LogP contribution in [0.25, 0.3) is 0 Å². The minimum absolute atomic E-state index is 0. The van der Waals surface area contributed by atoms with E-state index >= 15 is 0 Å². The maximum atomic E-state index is 10.6. The number of phosphoric ester groups is 1. The molecule has 6 N–H and O–H groups in total. The van der Waals surface area contributed by atoms with E-state index in [-0.39, 0.29) is 32.6 Å². The van der Waals surface area contributed by atoms with Gasteiger partial charge in [0.2, 0.25) is 0 Å². The Morgan fingerprint density at radius 3 is 1.67 bits per heavy atom. The molecule has 0 aromatic heterocycles. The molecule has 8 heteroatoms. The Kier molecular flexibility index (Phi) is 9.23. The molecule has 0 saturated carbocycles. The minimum Gasteiger partial charge on any atom is -0.394 e. The Morgan fingerprint density at radius 1 is 1.08 bits per heavy atom. The van der Waals surface area contributed by atoms with Crippen molar-refractivity contribution in [1.29, 1.82) is 0 Å². The van der Waals surface area contributed by atoms with Gasteiger partial charge in [-0.25, -0.2) is 4.57 Å². The molecule has 0 heterocycles. The van der Waals surface area contributed by atoms with E-state index in [4.69, 9.17) is 15.1 Å². The maximum absolute atomic E-state index is 10.6. The third kappa shape index (κ3) is 8.09. The SMILES string of the molecule is N.O=P(O)(OCCO)OCCO. The van der Waals surface area contributed by atoms with Gasteiger partial charge in [-0.15, -0.1) is 0 Å². The average molecular weight is 203 g/mol. The van der Waals surface area contributed by atoms with Crippen LogP contribution >= 0.6 is 7.82 Å². The summed E-state index contributed by atoms with van der Waals surface area (Å²) in [4.78, 5) is 8.67. The Balaban J connectivity index is 0. The van der Waals surface area contributed by atoms with Crippen LogP contribution in [0.5, 0.6) is 0 Å². The highest BCUT2D eigenvalue weighted by Crippen LogP contribution is 2.42. The molecule has 7 nitrogen and oxygen atoms in total. The summed E-state index contributed by atoms with van der Waals surface area (Å²) in [6.45, 7) is -1.24. The number of hydrogen-bond acceptors (Lipinski definition) is 6. The first-order chi connectivity index (χ1) is 5.12. The summed E-state index contributed by atoms with van der Waals surface area (Å²) in [5.74, 6) is 0. The summed E-state index contributed by atoms with van der Waals surface area (Å²) in [6.07, 6.45) is 0. The first-order valence-electron chi connectivity index (χ1n) is 2.96. The Bertz CT molecular complexity index is 130. The second-order valence-corrected chi connectivity index (χ2v) is 3.04. The molecule has 0 amide bonds. The van der Waals surface area contributed by atoms with E-state index in [9.17, 15) is 4.57 Å². The topological polar surface area (TPSA) is 131 Å². The molecule has 0 spiro atoms. The van der Waals surface area contributed by atoms with Gasteiger partial charge >= 0.3 is 7.82 Å². The molecule has 0 aliphatic carbocycles. The monoisotopic (exact) mass is 203 g/mol. The van der Waals surface area contributed by atoms with Crippen LogP contribution in [0.3, 0.4) is 0 Å². The molecule has 0 aliphatic rings.